The average molecular weight is 537 g/mol. The fourth-order valence-electron chi connectivity index (χ4n) is 2.47. The highest BCUT2D eigenvalue weighted by Gasteiger charge is 2.12. The first-order valence-electron chi connectivity index (χ1n) is 9.10. The first-order valence-corrected chi connectivity index (χ1v) is 11.5. The van der Waals surface area contributed by atoms with Gasteiger partial charge in [0.15, 0.2) is 5.96 Å². The van der Waals surface area contributed by atoms with Crippen molar-refractivity contribution in [2.24, 2.45) is 10.9 Å². The Hall–Kier alpha value is -1.17. The maximum atomic E-state index is 12.2. The van der Waals surface area contributed by atoms with E-state index < -0.39 is 10.0 Å². The molecule has 6 nitrogen and oxygen atoms in total. The molecule has 1 aromatic heterocycles. The van der Waals surface area contributed by atoms with Gasteiger partial charge in [-0.3, -0.25) is 4.99 Å². The van der Waals surface area contributed by atoms with Crippen LogP contribution in [0, 0.1) is 5.92 Å². The lowest BCUT2D eigenvalue weighted by Crippen LogP contribution is -2.41. The SMILES string of the molecule is CCNC(=NCC(C)Cc1cccs1)NCCNS(=O)(=O)c1ccccc1.I. The molecule has 0 spiro atoms. The molecular formula is C19H29IN4O2S2. The topological polar surface area (TPSA) is 82.6 Å². The summed E-state index contributed by atoms with van der Waals surface area (Å²) in [6.07, 6.45) is 1.01. The number of halogens is 1. The van der Waals surface area contributed by atoms with Gasteiger partial charge in [-0.1, -0.05) is 31.2 Å². The maximum absolute atomic E-state index is 12.2. The van der Waals surface area contributed by atoms with Crippen LogP contribution in [0.5, 0.6) is 0 Å². The van der Waals surface area contributed by atoms with E-state index in [1.165, 1.54) is 4.88 Å². The molecule has 2 rings (SSSR count). The van der Waals surface area contributed by atoms with E-state index in [1.54, 1.807) is 41.7 Å². The smallest absolute Gasteiger partial charge is 0.240 e. The summed E-state index contributed by atoms with van der Waals surface area (Å²) >= 11 is 1.77. The van der Waals surface area contributed by atoms with Crippen LogP contribution in [0.2, 0.25) is 0 Å². The second kappa shape index (κ2) is 13.1. The van der Waals surface area contributed by atoms with E-state index in [0.29, 0.717) is 25.0 Å². The van der Waals surface area contributed by atoms with E-state index >= 15 is 0 Å². The van der Waals surface area contributed by atoms with Crippen LogP contribution in [0.25, 0.3) is 0 Å². The van der Waals surface area contributed by atoms with Gasteiger partial charge in [0.1, 0.15) is 0 Å². The summed E-state index contributed by atoms with van der Waals surface area (Å²) in [5.74, 6) is 1.14. The molecule has 1 heterocycles. The van der Waals surface area contributed by atoms with Gasteiger partial charge in [-0.15, -0.1) is 35.3 Å². The van der Waals surface area contributed by atoms with Crippen molar-refractivity contribution < 1.29 is 8.42 Å². The quantitative estimate of drug-likeness (QED) is 0.189. The number of hydrogen-bond acceptors (Lipinski definition) is 4. The van der Waals surface area contributed by atoms with E-state index in [9.17, 15) is 8.42 Å². The summed E-state index contributed by atoms with van der Waals surface area (Å²) in [5, 5.41) is 8.45. The molecule has 2 aromatic rings. The van der Waals surface area contributed by atoms with Gasteiger partial charge in [-0.05, 0) is 42.8 Å². The molecule has 0 aliphatic carbocycles. The molecule has 0 aliphatic heterocycles. The van der Waals surface area contributed by atoms with E-state index in [1.807, 2.05) is 6.92 Å². The lowest BCUT2D eigenvalue weighted by atomic mass is 10.1. The minimum absolute atomic E-state index is 0. The number of guanidine groups is 1. The molecule has 0 amide bonds. The minimum atomic E-state index is -3.47. The molecule has 0 radical (unpaired) electrons. The standard InChI is InChI=1S/C19H28N4O2S2.HI/c1-3-20-19(22-15-16(2)14-17-8-7-13-26-17)21-11-12-23-27(24,25)18-9-5-4-6-10-18;/h4-10,13,16,23H,3,11-12,14-15H2,1-2H3,(H2,20,21,22);1H. The summed E-state index contributed by atoms with van der Waals surface area (Å²) < 4.78 is 27.0. The summed E-state index contributed by atoms with van der Waals surface area (Å²) in [6.45, 7) is 6.39. The number of benzene rings is 1. The normalized spacial score (nSPS) is 12.9. The Balaban J connectivity index is 0.00000392. The van der Waals surface area contributed by atoms with E-state index in [4.69, 9.17) is 0 Å². The van der Waals surface area contributed by atoms with Crippen LogP contribution in [0.15, 0.2) is 57.7 Å². The third-order valence-corrected chi connectivity index (χ3v) is 6.17. The maximum Gasteiger partial charge on any atom is 0.240 e. The molecule has 1 atom stereocenters. The molecule has 1 aromatic carbocycles. The number of thiophene rings is 1. The van der Waals surface area contributed by atoms with Crippen LogP contribution in [0.4, 0.5) is 0 Å². The van der Waals surface area contributed by atoms with Crippen molar-refractivity contribution in [3.8, 4) is 0 Å². The number of rotatable bonds is 10. The molecule has 3 N–H and O–H groups in total. The van der Waals surface area contributed by atoms with Gasteiger partial charge in [0.05, 0.1) is 4.90 Å². The van der Waals surface area contributed by atoms with Crippen LogP contribution in [0.3, 0.4) is 0 Å². The Kier molecular flexibility index (Phi) is 11.7. The number of nitrogens with one attached hydrogen (secondary N) is 3. The predicted molar refractivity (Wildman–Crippen MR) is 128 cm³/mol. The number of sulfonamides is 1. The monoisotopic (exact) mass is 536 g/mol. The Morgan fingerprint density at radius 2 is 1.86 bits per heavy atom. The van der Waals surface area contributed by atoms with Crippen molar-refractivity contribution in [3.05, 3.63) is 52.7 Å². The van der Waals surface area contributed by atoms with Crippen LogP contribution in [-0.2, 0) is 16.4 Å². The molecular weight excluding hydrogens is 507 g/mol. The molecule has 156 valence electrons. The van der Waals surface area contributed by atoms with Gasteiger partial charge < -0.3 is 10.6 Å². The second-order valence-electron chi connectivity index (χ2n) is 6.25. The third-order valence-electron chi connectivity index (χ3n) is 3.80. The van der Waals surface area contributed by atoms with Gasteiger partial charge in [0.2, 0.25) is 10.0 Å². The highest BCUT2D eigenvalue weighted by atomic mass is 127. The Morgan fingerprint density at radius 1 is 1.11 bits per heavy atom. The molecule has 0 bridgehead atoms. The zero-order valence-corrected chi connectivity index (χ0v) is 20.2. The first kappa shape index (κ1) is 24.9. The zero-order chi connectivity index (χ0) is 19.5. The highest BCUT2D eigenvalue weighted by molar-refractivity contribution is 14.0. The Morgan fingerprint density at radius 3 is 2.50 bits per heavy atom. The van der Waals surface area contributed by atoms with Crippen LogP contribution in [0.1, 0.15) is 18.7 Å². The van der Waals surface area contributed by atoms with Crippen LogP contribution < -0.4 is 15.4 Å². The van der Waals surface area contributed by atoms with Crippen molar-refractivity contribution in [3.63, 3.8) is 0 Å². The van der Waals surface area contributed by atoms with E-state index in [2.05, 4.69) is 44.8 Å². The summed E-state index contributed by atoms with van der Waals surface area (Å²) in [4.78, 5) is 6.25. The number of hydrogen-bond donors (Lipinski definition) is 3. The summed E-state index contributed by atoms with van der Waals surface area (Å²) in [5.41, 5.74) is 0. The molecule has 0 aliphatic rings. The first-order chi connectivity index (χ1) is 13.0. The van der Waals surface area contributed by atoms with Crippen molar-refractivity contribution in [2.45, 2.75) is 25.2 Å². The van der Waals surface area contributed by atoms with Crippen molar-refractivity contribution >= 4 is 51.3 Å². The number of nitrogens with zero attached hydrogens (tertiary/aromatic N) is 1. The average Bonchev–Trinajstić information content (AvgIpc) is 3.17. The molecule has 0 fully saturated rings. The molecule has 28 heavy (non-hydrogen) atoms. The molecule has 0 saturated carbocycles. The van der Waals surface area contributed by atoms with Gasteiger partial charge in [0, 0.05) is 31.1 Å². The Labute approximate surface area is 189 Å². The summed E-state index contributed by atoms with van der Waals surface area (Å²) in [6, 6.07) is 12.6. The zero-order valence-electron chi connectivity index (χ0n) is 16.2. The number of aliphatic imine (C=N–C) groups is 1. The van der Waals surface area contributed by atoms with Crippen molar-refractivity contribution in [1.82, 2.24) is 15.4 Å². The fraction of sp³-hybridized carbons (Fsp3) is 0.421. The lowest BCUT2D eigenvalue weighted by molar-refractivity contribution is 0.579. The fourth-order valence-corrected chi connectivity index (χ4v) is 4.40. The third kappa shape index (κ3) is 8.89. The van der Waals surface area contributed by atoms with Gasteiger partial charge in [-0.2, -0.15) is 0 Å². The largest absolute Gasteiger partial charge is 0.357 e. The van der Waals surface area contributed by atoms with Crippen molar-refractivity contribution in [2.75, 3.05) is 26.2 Å². The molecule has 9 heteroatoms. The van der Waals surface area contributed by atoms with Gasteiger partial charge in [0.25, 0.3) is 0 Å². The molecule has 0 saturated heterocycles. The second-order valence-corrected chi connectivity index (χ2v) is 9.05. The van der Waals surface area contributed by atoms with E-state index in [-0.39, 0.29) is 35.4 Å². The predicted octanol–water partition coefficient (Wildman–Crippen LogP) is 3.08. The van der Waals surface area contributed by atoms with Crippen LogP contribution in [-0.4, -0.2) is 40.6 Å². The molecule has 1 unspecified atom stereocenters. The highest BCUT2D eigenvalue weighted by Crippen LogP contribution is 2.14. The van der Waals surface area contributed by atoms with Gasteiger partial charge in [-0.25, -0.2) is 13.1 Å². The van der Waals surface area contributed by atoms with E-state index in [0.717, 1.165) is 13.0 Å². The Bertz CT molecular complexity index is 797. The lowest BCUT2D eigenvalue weighted by Gasteiger charge is -2.13. The minimum Gasteiger partial charge on any atom is -0.357 e. The van der Waals surface area contributed by atoms with Gasteiger partial charge >= 0.3 is 0 Å². The van der Waals surface area contributed by atoms with Crippen molar-refractivity contribution in [1.29, 1.82) is 0 Å². The summed E-state index contributed by atoms with van der Waals surface area (Å²) in [7, 11) is -3.47. The van der Waals surface area contributed by atoms with Crippen LogP contribution >= 0.6 is 35.3 Å².